The second kappa shape index (κ2) is 1.88. The van der Waals surface area contributed by atoms with Crippen LogP contribution in [0.15, 0.2) is 0 Å². The van der Waals surface area contributed by atoms with Crippen molar-refractivity contribution in [2.45, 2.75) is 26.7 Å². The normalized spacial score (nSPS) is 34.8. The second-order valence-electron chi connectivity index (χ2n) is 2.88. The van der Waals surface area contributed by atoms with Crippen LogP contribution in [0, 0.1) is 11.8 Å². The summed E-state index contributed by atoms with van der Waals surface area (Å²) < 4.78 is 0. The molecule has 8 heavy (non-hydrogen) atoms. The number of hydrogen-bond donors (Lipinski definition) is 0. The minimum absolute atomic E-state index is 0.347. The van der Waals surface area contributed by atoms with Crippen molar-refractivity contribution in [3.8, 4) is 0 Å². The largest absolute Gasteiger partial charge is 0.300 e. The topological polar surface area (TPSA) is 17.1 Å². The van der Waals surface area contributed by atoms with E-state index in [0.29, 0.717) is 5.78 Å². The van der Waals surface area contributed by atoms with Crippen LogP contribution in [0.25, 0.3) is 0 Å². The number of Topliss-reactive ketones (excluding diaryl/α,β-unsaturated/α-hetero) is 1. The first-order valence-electron chi connectivity index (χ1n) is 3.19. The molecule has 0 aromatic heterocycles. The van der Waals surface area contributed by atoms with E-state index in [0.717, 1.165) is 18.3 Å². The molecular weight excluding hydrogens is 100 g/mol. The Kier molecular flexibility index (Phi) is 1.37. The van der Waals surface area contributed by atoms with E-state index < -0.39 is 0 Å². The van der Waals surface area contributed by atoms with E-state index in [9.17, 15) is 4.79 Å². The van der Waals surface area contributed by atoms with Crippen LogP contribution >= 0.6 is 0 Å². The molecule has 0 spiro atoms. The number of ketones is 1. The average molecular weight is 112 g/mol. The van der Waals surface area contributed by atoms with Gasteiger partial charge in [0.25, 0.3) is 0 Å². The van der Waals surface area contributed by atoms with E-state index in [2.05, 4.69) is 6.92 Å². The van der Waals surface area contributed by atoms with Gasteiger partial charge in [-0.05, 0) is 25.2 Å². The first kappa shape index (κ1) is 5.80. The lowest BCUT2D eigenvalue weighted by Gasteiger charge is -1.86. The molecule has 46 valence electrons. The lowest BCUT2D eigenvalue weighted by atomic mass is 10.2. The van der Waals surface area contributed by atoms with E-state index in [1.165, 1.54) is 6.42 Å². The molecule has 0 bridgehead atoms. The molecule has 1 nitrogen and oxygen atoms in total. The van der Waals surface area contributed by atoms with Crippen LogP contribution in [0.2, 0.25) is 0 Å². The zero-order valence-corrected chi connectivity index (χ0v) is 5.48. The molecule has 0 heterocycles. The van der Waals surface area contributed by atoms with E-state index >= 15 is 0 Å². The Labute approximate surface area is 50.1 Å². The third kappa shape index (κ3) is 1.32. The third-order valence-corrected chi connectivity index (χ3v) is 1.83. The maximum atomic E-state index is 10.4. The van der Waals surface area contributed by atoms with Crippen molar-refractivity contribution in [3.05, 3.63) is 0 Å². The van der Waals surface area contributed by atoms with Crippen LogP contribution in [0.1, 0.15) is 26.7 Å². The maximum Gasteiger partial charge on any atom is 0.130 e. The number of rotatable bonds is 2. The summed E-state index contributed by atoms with van der Waals surface area (Å²) in [5.41, 5.74) is 0. The van der Waals surface area contributed by atoms with Crippen LogP contribution in [-0.2, 0) is 4.79 Å². The van der Waals surface area contributed by atoms with Crippen LogP contribution in [-0.4, -0.2) is 5.78 Å². The molecule has 1 saturated carbocycles. The molecule has 0 N–H and O–H groups in total. The molecular formula is C7H12O. The van der Waals surface area contributed by atoms with Gasteiger partial charge in [0, 0.05) is 6.42 Å². The number of hydrogen-bond acceptors (Lipinski definition) is 1. The quantitative estimate of drug-likeness (QED) is 0.530. The zero-order chi connectivity index (χ0) is 6.15. The minimum atomic E-state index is 0.347. The van der Waals surface area contributed by atoms with Gasteiger partial charge in [0.15, 0.2) is 0 Å². The molecule has 1 heteroatoms. The molecule has 1 fully saturated rings. The second-order valence-corrected chi connectivity index (χ2v) is 2.88. The standard InChI is InChI=1S/C7H12O/c1-5-3-7(5)4-6(2)8/h5,7H,3-4H2,1-2H3/t5-,7+/m1/s1. The first-order chi connectivity index (χ1) is 3.70. The van der Waals surface area contributed by atoms with Crippen molar-refractivity contribution in [2.75, 3.05) is 0 Å². The Morgan fingerprint density at radius 3 is 2.38 bits per heavy atom. The molecule has 0 aliphatic heterocycles. The smallest absolute Gasteiger partial charge is 0.130 e. The summed E-state index contributed by atoms with van der Waals surface area (Å²) in [6.45, 7) is 3.87. The molecule has 1 aliphatic carbocycles. The lowest BCUT2D eigenvalue weighted by Crippen LogP contribution is -1.90. The Balaban J connectivity index is 2.14. The number of carbonyl (C=O) groups is 1. The van der Waals surface area contributed by atoms with Crippen molar-refractivity contribution in [1.29, 1.82) is 0 Å². The highest BCUT2D eigenvalue weighted by atomic mass is 16.1. The van der Waals surface area contributed by atoms with Gasteiger partial charge in [0.2, 0.25) is 0 Å². The van der Waals surface area contributed by atoms with Crippen molar-refractivity contribution in [2.24, 2.45) is 11.8 Å². The summed E-state index contributed by atoms with van der Waals surface area (Å²) in [5, 5.41) is 0. The van der Waals surface area contributed by atoms with Crippen molar-refractivity contribution in [3.63, 3.8) is 0 Å². The van der Waals surface area contributed by atoms with Crippen LogP contribution in [0.4, 0.5) is 0 Å². The molecule has 1 aliphatic rings. The molecule has 0 amide bonds. The molecule has 2 atom stereocenters. The zero-order valence-electron chi connectivity index (χ0n) is 5.48. The van der Waals surface area contributed by atoms with Gasteiger partial charge in [-0.25, -0.2) is 0 Å². The highest BCUT2D eigenvalue weighted by Gasteiger charge is 2.32. The van der Waals surface area contributed by atoms with Crippen LogP contribution in [0.3, 0.4) is 0 Å². The van der Waals surface area contributed by atoms with Gasteiger partial charge < -0.3 is 4.79 Å². The van der Waals surface area contributed by atoms with Gasteiger partial charge in [-0.1, -0.05) is 6.92 Å². The van der Waals surface area contributed by atoms with Crippen LogP contribution in [0.5, 0.6) is 0 Å². The van der Waals surface area contributed by atoms with Gasteiger partial charge in [0.1, 0.15) is 5.78 Å². The summed E-state index contributed by atoms with van der Waals surface area (Å²) in [6, 6.07) is 0. The fourth-order valence-corrected chi connectivity index (χ4v) is 1.05. The van der Waals surface area contributed by atoms with E-state index in [1.54, 1.807) is 6.92 Å². The van der Waals surface area contributed by atoms with Gasteiger partial charge >= 0.3 is 0 Å². The van der Waals surface area contributed by atoms with E-state index in [4.69, 9.17) is 0 Å². The highest BCUT2D eigenvalue weighted by molar-refractivity contribution is 5.76. The maximum absolute atomic E-state index is 10.4. The summed E-state index contributed by atoms with van der Waals surface area (Å²) >= 11 is 0. The van der Waals surface area contributed by atoms with Crippen molar-refractivity contribution < 1.29 is 4.79 Å². The Morgan fingerprint density at radius 2 is 2.25 bits per heavy atom. The summed E-state index contributed by atoms with van der Waals surface area (Å²) in [6.07, 6.45) is 2.10. The molecule has 0 aromatic rings. The fraction of sp³-hybridized carbons (Fsp3) is 0.857. The number of carbonyl (C=O) groups excluding carboxylic acids is 1. The first-order valence-corrected chi connectivity index (χ1v) is 3.19. The molecule has 0 unspecified atom stereocenters. The third-order valence-electron chi connectivity index (χ3n) is 1.83. The predicted octanol–water partition coefficient (Wildman–Crippen LogP) is 1.62. The fourth-order valence-electron chi connectivity index (χ4n) is 1.05. The van der Waals surface area contributed by atoms with E-state index in [1.807, 2.05) is 0 Å². The predicted molar refractivity (Wildman–Crippen MR) is 32.6 cm³/mol. The van der Waals surface area contributed by atoms with Gasteiger partial charge in [0.05, 0.1) is 0 Å². The Bertz CT molecular complexity index is 107. The Morgan fingerprint density at radius 1 is 1.75 bits per heavy atom. The molecule has 0 saturated heterocycles. The molecule has 1 rings (SSSR count). The average Bonchev–Trinajstić information content (AvgIpc) is 2.17. The molecule has 0 radical (unpaired) electrons. The van der Waals surface area contributed by atoms with Crippen LogP contribution < -0.4 is 0 Å². The monoisotopic (exact) mass is 112 g/mol. The van der Waals surface area contributed by atoms with Crippen molar-refractivity contribution >= 4 is 5.78 Å². The van der Waals surface area contributed by atoms with Crippen molar-refractivity contribution in [1.82, 2.24) is 0 Å². The molecule has 0 aromatic carbocycles. The summed E-state index contributed by atoms with van der Waals surface area (Å²) in [7, 11) is 0. The highest BCUT2D eigenvalue weighted by Crippen LogP contribution is 2.40. The Hall–Kier alpha value is -0.330. The van der Waals surface area contributed by atoms with E-state index in [-0.39, 0.29) is 0 Å². The SMILES string of the molecule is CC(=O)C[C@@H]1C[C@H]1C. The van der Waals surface area contributed by atoms with Gasteiger partial charge in [-0.15, -0.1) is 0 Å². The summed E-state index contributed by atoms with van der Waals surface area (Å²) in [4.78, 5) is 10.4. The minimum Gasteiger partial charge on any atom is -0.300 e. The lowest BCUT2D eigenvalue weighted by molar-refractivity contribution is -0.117. The van der Waals surface area contributed by atoms with Gasteiger partial charge in [-0.3, -0.25) is 0 Å². The summed E-state index contributed by atoms with van der Waals surface area (Å²) in [5.74, 6) is 1.92. The van der Waals surface area contributed by atoms with Gasteiger partial charge in [-0.2, -0.15) is 0 Å².